The molecule has 1 aliphatic heterocycles. The summed E-state index contributed by atoms with van der Waals surface area (Å²) in [4.78, 5) is 26.2. The summed E-state index contributed by atoms with van der Waals surface area (Å²) in [6, 6.07) is 15.0. The van der Waals surface area contributed by atoms with Crippen LogP contribution in [-0.2, 0) is 9.59 Å². The Hall–Kier alpha value is -1.96. The predicted octanol–water partition coefficient (Wildman–Crippen LogP) is 4.48. The third-order valence-electron chi connectivity index (χ3n) is 3.60. The molecule has 0 aromatic heterocycles. The summed E-state index contributed by atoms with van der Waals surface area (Å²) in [6.45, 7) is 0. The number of nitrogens with zero attached hydrogens (tertiary/aromatic N) is 1. The fourth-order valence-corrected chi connectivity index (χ4v) is 4.03. The zero-order valence-corrected chi connectivity index (χ0v) is 16.0. The maximum atomic E-state index is 12.8. The van der Waals surface area contributed by atoms with Gasteiger partial charge in [0.15, 0.2) is 6.04 Å². The summed E-state index contributed by atoms with van der Waals surface area (Å²) in [7, 11) is 0. The normalized spacial score (nSPS) is 17.2. The smallest absolute Gasteiger partial charge is 0.331 e. The van der Waals surface area contributed by atoms with Gasteiger partial charge in [-0.2, -0.15) is 0 Å². The Morgan fingerprint density at radius 1 is 1.16 bits per heavy atom. The van der Waals surface area contributed by atoms with Crippen LogP contribution < -0.4 is 0 Å². The number of halogens is 1. The van der Waals surface area contributed by atoms with Crippen molar-refractivity contribution in [1.82, 2.24) is 4.90 Å². The standard InChI is InChI=1S/C18H12BrNO3S2/c19-13-8-6-11(7-9-13)10-14-16(21)20(18(24)25-14)15(17(22)23)12-4-2-1-3-5-12/h1-10,15H,(H,22,23)/b14-10+/t15-/m1/s1. The van der Waals surface area contributed by atoms with E-state index in [0.29, 0.717) is 10.5 Å². The van der Waals surface area contributed by atoms with Crippen LogP contribution >= 0.6 is 39.9 Å². The summed E-state index contributed by atoms with van der Waals surface area (Å²) in [5, 5.41) is 9.64. The first-order valence-corrected chi connectivity index (χ1v) is 9.29. The lowest BCUT2D eigenvalue weighted by Gasteiger charge is -2.23. The molecule has 7 heteroatoms. The van der Waals surface area contributed by atoms with Crippen LogP contribution in [0.15, 0.2) is 64.0 Å². The lowest BCUT2D eigenvalue weighted by atomic mass is 10.1. The molecule has 25 heavy (non-hydrogen) atoms. The van der Waals surface area contributed by atoms with E-state index >= 15 is 0 Å². The number of thiocarbonyl (C=S) groups is 1. The fraction of sp³-hybridized carbons (Fsp3) is 0.0556. The molecule has 1 heterocycles. The van der Waals surface area contributed by atoms with E-state index in [1.54, 1.807) is 36.4 Å². The lowest BCUT2D eigenvalue weighted by Crippen LogP contribution is -2.37. The van der Waals surface area contributed by atoms with Crippen molar-refractivity contribution in [2.75, 3.05) is 0 Å². The molecule has 2 aromatic carbocycles. The highest BCUT2D eigenvalue weighted by atomic mass is 79.9. The summed E-state index contributed by atoms with van der Waals surface area (Å²) < 4.78 is 1.18. The molecule has 4 nitrogen and oxygen atoms in total. The second kappa shape index (κ2) is 7.51. The zero-order chi connectivity index (χ0) is 18.0. The third kappa shape index (κ3) is 3.84. The topological polar surface area (TPSA) is 57.6 Å². The summed E-state index contributed by atoms with van der Waals surface area (Å²) in [5.74, 6) is -1.51. The maximum absolute atomic E-state index is 12.8. The monoisotopic (exact) mass is 433 g/mol. The highest BCUT2D eigenvalue weighted by Gasteiger charge is 2.41. The van der Waals surface area contributed by atoms with Crippen molar-refractivity contribution in [3.8, 4) is 0 Å². The van der Waals surface area contributed by atoms with E-state index in [4.69, 9.17) is 12.2 Å². The van der Waals surface area contributed by atoms with Gasteiger partial charge in [0.25, 0.3) is 5.91 Å². The molecule has 1 atom stereocenters. The summed E-state index contributed by atoms with van der Waals surface area (Å²) >= 11 is 9.76. The minimum Gasteiger partial charge on any atom is -0.479 e. The molecule has 3 rings (SSSR count). The van der Waals surface area contributed by atoms with Crippen molar-refractivity contribution < 1.29 is 14.7 Å². The first-order chi connectivity index (χ1) is 12.0. The van der Waals surface area contributed by atoms with Crippen LogP contribution in [0.2, 0.25) is 0 Å². The number of hydrogen-bond donors (Lipinski definition) is 1. The highest BCUT2D eigenvalue weighted by molar-refractivity contribution is 9.10. The molecule has 0 unspecified atom stereocenters. The number of benzene rings is 2. The largest absolute Gasteiger partial charge is 0.479 e. The van der Waals surface area contributed by atoms with Gasteiger partial charge in [-0.3, -0.25) is 9.69 Å². The Morgan fingerprint density at radius 3 is 2.40 bits per heavy atom. The van der Waals surface area contributed by atoms with Crippen LogP contribution in [0.25, 0.3) is 6.08 Å². The minimum atomic E-state index is -1.13. The van der Waals surface area contributed by atoms with Crippen molar-refractivity contribution in [3.63, 3.8) is 0 Å². The number of rotatable bonds is 4. The van der Waals surface area contributed by atoms with Crippen LogP contribution in [0.4, 0.5) is 0 Å². The van der Waals surface area contributed by atoms with E-state index < -0.39 is 17.9 Å². The molecule has 1 N–H and O–H groups in total. The number of thioether (sulfide) groups is 1. The number of carbonyl (C=O) groups is 2. The van der Waals surface area contributed by atoms with E-state index in [1.807, 2.05) is 24.3 Å². The highest BCUT2D eigenvalue weighted by Crippen LogP contribution is 2.38. The van der Waals surface area contributed by atoms with E-state index in [-0.39, 0.29) is 4.32 Å². The average Bonchev–Trinajstić information content (AvgIpc) is 2.86. The van der Waals surface area contributed by atoms with Crippen molar-refractivity contribution in [2.24, 2.45) is 0 Å². The fourth-order valence-electron chi connectivity index (χ4n) is 2.45. The van der Waals surface area contributed by atoms with Crippen molar-refractivity contribution in [1.29, 1.82) is 0 Å². The van der Waals surface area contributed by atoms with Crippen molar-refractivity contribution in [3.05, 3.63) is 75.1 Å². The van der Waals surface area contributed by atoms with Gasteiger partial charge < -0.3 is 5.11 Å². The number of amides is 1. The molecule has 0 spiro atoms. The number of carboxylic acids is 1. The van der Waals surface area contributed by atoms with E-state index in [0.717, 1.165) is 21.8 Å². The van der Waals surface area contributed by atoms with Gasteiger partial charge >= 0.3 is 5.97 Å². The van der Waals surface area contributed by atoms with Gasteiger partial charge in [0.1, 0.15) is 4.32 Å². The third-order valence-corrected chi connectivity index (χ3v) is 5.46. The Balaban J connectivity index is 1.95. The molecule has 2 aromatic rings. The second-order valence-corrected chi connectivity index (χ2v) is 7.85. The average molecular weight is 434 g/mol. The quantitative estimate of drug-likeness (QED) is 0.568. The number of carbonyl (C=O) groups excluding carboxylic acids is 1. The van der Waals surface area contributed by atoms with Gasteiger partial charge in [0, 0.05) is 4.47 Å². The molecule has 1 amide bonds. The Morgan fingerprint density at radius 2 is 1.80 bits per heavy atom. The van der Waals surface area contributed by atoms with Gasteiger partial charge in [-0.15, -0.1) is 0 Å². The number of carboxylic acid groups (broad SMARTS) is 1. The maximum Gasteiger partial charge on any atom is 0.331 e. The lowest BCUT2D eigenvalue weighted by molar-refractivity contribution is -0.145. The van der Waals surface area contributed by atoms with E-state index in [9.17, 15) is 14.7 Å². The van der Waals surface area contributed by atoms with Gasteiger partial charge in [-0.25, -0.2) is 4.79 Å². The van der Waals surface area contributed by atoms with Crippen LogP contribution in [0.5, 0.6) is 0 Å². The molecule has 1 saturated heterocycles. The Bertz CT molecular complexity index is 866. The summed E-state index contributed by atoms with van der Waals surface area (Å²) in [6.07, 6.45) is 1.72. The SMILES string of the molecule is O=C(O)[C@@H](c1ccccc1)N1C(=O)/C(=C\c2ccc(Br)cc2)SC1=S. The molecule has 1 fully saturated rings. The van der Waals surface area contributed by atoms with Crippen LogP contribution in [0.1, 0.15) is 17.2 Å². The molecule has 0 aliphatic carbocycles. The van der Waals surface area contributed by atoms with Gasteiger partial charge in [-0.1, -0.05) is 82.4 Å². The zero-order valence-electron chi connectivity index (χ0n) is 12.8. The van der Waals surface area contributed by atoms with E-state index in [1.165, 1.54) is 4.90 Å². The molecule has 0 bridgehead atoms. The number of aliphatic carboxylic acids is 1. The predicted molar refractivity (Wildman–Crippen MR) is 106 cm³/mol. The van der Waals surface area contributed by atoms with Crippen LogP contribution in [0.3, 0.4) is 0 Å². The van der Waals surface area contributed by atoms with Crippen molar-refractivity contribution in [2.45, 2.75) is 6.04 Å². The Labute approximate surface area is 162 Å². The Kier molecular flexibility index (Phi) is 5.36. The second-order valence-electron chi connectivity index (χ2n) is 5.25. The first-order valence-electron chi connectivity index (χ1n) is 7.28. The first kappa shape index (κ1) is 17.8. The molecule has 126 valence electrons. The number of hydrogen-bond acceptors (Lipinski definition) is 4. The summed E-state index contributed by atoms with van der Waals surface area (Å²) in [5.41, 5.74) is 1.35. The van der Waals surface area contributed by atoms with Crippen LogP contribution in [0, 0.1) is 0 Å². The molecule has 1 aliphatic rings. The molecular weight excluding hydrogens is 422 g/mol. The molecular formula is C18H12BrNO3S2. The molecule has 0 radical (unpaired) electrons. The minimum absolute atomic E-state index is 0.240. The molecule has 0 saturated carbocycles. The van der Waals surface area contributed by atoms with Gasteiger partial charge in [0.05, 0.1) is 4.91 Å². The van der Waals surface area contributed by atoms with Crippen LogP contribution in [-0.4, -0.2) is 26.2 Å². The van der Waals surface area contributed by atoms with E-state index in [2.05, 4.69) is 15.9 Å². The van der Waals surface area contributed by atoms with Gasteiger partial charge in [0.2, 0.25) is 0 Å². The van der Waals surface area contributed by atoms with Gasteiger partial charge in [-0.05, 0) is 29.3 Å². The van der Waals surface area contributed by atoms with Crippen molar-refractivity contribution >= 4 is 62.2 Å².